The molecule has 1 amide bonds. The van der Waals surface area contributed by atoms with Crippen LogP contribution in [0.15, 0.2) is 0 Å². The predicted octanol–water partition coefficient (Wildman–Crippen LogP) is 1.78. The van der Waals surface area contributed by atoms with Crippen molar-refractivity contribution < 1.29 is 9.53 Å². The van der Waals surface area contributed by atoms with Gasteiger partial charge in [0, 0.05) is 13.1 Å². The zero-order valence-corrected chi connectivity index (χ0v) is 12.6. The van der Waals surface area contributed by atoms with E-state index in [1.807, 2.05) is 32.6 Å². The monoisotopic (exact) mass is 256 g/mol. The van der Waals surface area contributed by atoms with Gasteiger partial charge in [0.2, 0.25) is 5.91 Å². The summed E-state index contributed by atoms with van der Waals surface area (Å²) >= 11 is 0. The molecule has 1 rings (SSSR count). The summed E-state index contributed by atoms with van der Waals surface area (Å²) in [6.45, 7) is 13.5. The average molecular weight is 256 g/mol. The summed E-state index contributed by atoms with van der Waals surface area (Å²) < 4.78 is 5.97. The van der Waals surface area contributed by atoms with Gasteiger partial charge in [0.25, 0.3) is 0 Å². The lowest BCUT2D eigenvalue weighted by atomic mass is 9.97. The fourth-order valence-electron chi connectivity index (χ4n) is 2.79. The third kappa shape index (κ3) is 4.25. The Morgan fingerprint density at radius 2 is 1.67 bits per heavy atom. The number of hydrogen-bond donors (Lipinski definition) is 1. The Bertz CT molecular complexity index is 295. The number of morpholine rings is 1. The molecule has 4 nitrogen and oxygen atoms in total. The number of nitrogens with zero attached hydrogens (tertiary/aromatic N) is 1. The molecule has 1 heterocycles. The summed E-state index contributed by atoms with van der Waals surface area (Å²) in [5, 5.41) is 0. The zero-order valence-electron chi connectivity index (χ0n) is 12.6. The minimum atomic E-state index is -0.394. The van der Waals surface area contributed by atoms with Crippen LogP contribution in [0, 0.1) is 5.92 Å². The Kier molecular flexibility index (Phi) is 4.44. The molecule has 0 saturated carbocycles. The van der Waals surface area contributed by atoms with Gasteiger partial charge in [-0.1, -0.05) is 13.8 Å². The standard InChI is InChI=1S/C14H28N2O2/c1-10(2)7-11(15)12(17)16-8-13(3,4)18-14(5,6)9-16/h10-11H,7-9,15H2,1-6H3/t11-/m0/s1. The molecule has 4 heteroatoms. The lowest BCUT2D eigenvalue weighted by molar-refractivity contribution is -0.188. The molecular formula is C14H28N2O2. The molecule has 0 aromatic rings. The van der Waals surface area contributed by atoms with Crippen LogP contribution in [-0.4, -0.2) is 41.1 Å². The zero-order chi connectivity index (χ0) is 14.1. The van der Waals surface area contributed by atoms with Gasteiger partial charge in [-0.25, -0.2) is 0 Å². The van der Waals surface area contributed by atoms with E-state index in [0.29, 0.717) is 19.0 Å². The highest BCUT2D eigenvalue weighted by molar-refractivity contribution is 5.81. The number of rotatable bonds is 3. The Balaban J connectivity index is 2.73. The summed E-state index contributed by atoms with van der Waals surface area (Å²) in [6, 6.07) is -0.394. The van der Waals surface area contributed by atoms with Crippen LogP contribution in [0.1, 0.15) is 48.0 Å². The minimum absolute atomic E-state index is 0.0492. The van der Waals surface area contributed by atoms with Gasteiger partial charge in [0.15, 0.2) is 0 Å². The molecule has 1 saturated heterocycles. The SMILES string of the molecule is CC(C)C[C@H](N)C(=O)N1CC(C)(C)OC(C)(C)C1. The number of ether oxygens (including phenoxy) is 1. The summed E-state index contributed by atoms with van der Waals surface area (Å²) in [5.74, 6) is 0.485. The number of nitrogens with two attached hydrogens (primary N) is 1. The molecule has 0 bridgehead atoms. The number of carbonyl (C=O) groups excluding carboxylic acids is 1. The summed E-state index contributed by atoms with van der Waals surface area (Å²) in [4.78, 5) is 14.2. The third-order valence-corrected chi connectivity index (χ3v) is 3.05. The van der Waals surface area contributed by atoms with Crippen molar-refractivity contribution in [1.82, 2.24) is 4.90 Å². The van der Waals surface area contributed by atoms with Crippen LogP contribution in [0.2, 0.25) is 0 Å². The maximum absolute atomic E-state index is 12.4. The molecule has 1 atom stereocenters. The molecule has 0 spiro atoms. The first-order valence-corrected chi connectivity index (χ1v) is 6.77. The first-order valence-electron chi connectivity index (χ1n) is 6.77. The lowest BCUT2D eigenvalue weighted by Gasteiger charge is -2.47. The molecule has 1 fully saturated rings. The van der Waals surface area contributed by atoms with E-state index in [4.69, 9.17) is 10.5 Å². The quantitative estimate of drug-likeness (QED) is 0.837. The van der Waals surface area contributed by atoms with Crippen molar-refractivity contribution in [3.05, 3.63) is 0 Å². The van der Waals surface area contributed by atoms with Crippen LogP contribution in [0.5, 0.6) is 0 Å². The highest BCUT2D eigenvalue weighted by Crippen LogP contribution is 2.28. The number of amides is 1. The van der Waals surface area contributed by atoms with E-state index < -0.39 is 6.04 Å². The Morgan fingerprint density at radius 3 is 2.06 bits per heavy atom. The van der Waals surface area contributed by atoms with Crippen molar-refractivity contribution in [3.8, 4) is 0 Å². The van der Waals surface area contributed by atoms with E-state index >= 15 is 0 Å². The highest BCUT2D eigenvalue weighted by Gasteiger charge is 2.40. The van der Waals surface area contributed by atoms with E-state index in [0.717, 1.165) is 6.42 Å². The summed E-state index contributed by atoms with van der Waals surface area (Å²) in [7, 11) is 0. The largest absolute Gasteiger partial charge is 0.366 e. The molecule has 1 aliphatic rings. The first-order chi connectivity index (χ1) is 8.02. The molecule has 0 unspecified atom stereocenters. The molecule has 0 aromatic carbocycles. The van der Waals surface area contributed by atoms with Gasteiger partial charge < -0.3 is 15.4 Å². The second-order valence-electron chi connectivity index (χ2n) is 7.05. The van der Waals surface area contributed by atoms with Crippen LogP contribution < -0.4 is 5.73 Å². The van der Waals surface area contributed by atoms with Gasteiger partial charge in [0.1, 0.15) is 0 Å². The highest BCUT2D eigenvalue weighted by atomic mass is 16.5. The molecule has 2 N–H and O–H groups in total. The maximum Gasteiger partial charge on any atom is 0.239 e. The van der Waals surface area contributed by atoms with Crippen LogP contribution in [-0.2, 0) is 9.53 Å². The van der Waals surface area contributed by atoms with E-state index in [-0.39, 0.29) is 17.1 Å². The maximum atomic E-state index is 12.4. The van der Waals surface area contributed by atoms with Crippen LogP contribution in [0.4, 0.5) is 0 Å². The smallest absolute Gasteiger partial charge is 0.239 e. The van der Waals surface area contributed by atoms with Crippen LogP contribution >= 0.6 is 0 Å². The second-order valence-corrected chi connectivity index (χ2v) is 7.05. The third-order valence-electron chi connectivity index (χ3n) is 3.05. The molecule has 0 aliphatic carbocycles. The van der Waals surface area contributed by atoms with Crippen molar-refractivity contribution >= 4 is 5.91 Å². The molecule has 0 aromatic heterocycles. The molecule has 1 aliphatic heterocycles. The lowest BCUT2D eigenvalue weighted by Crippen LogP contribution is -2.61. The molecule has 18 heavy (non-hydrogen) atoms. The van der Waals surface area contributed by atoms with Gasteiger partial charge in [-0.15, -0.1) is 0 Å². The fraction of sp³-hybridized carbons (Fsp3) is 0.929. The van der Waals surface area contributed by atoms with E-state index in [1.165, 1.54) is 0 Å². The van der Waals surface area contributed by atoms with Gasteiger partial charge >= 0.3 is 0 Å². The van der Waals surface area contributed by atoms with Crippen LogP contribution in [0.3, 0.4) is 0 Å². The van der Waals surface area contributed by atoms with E-state index in [2.05, 4.69) is 13.8 Å². The number of hydrogen-bond acceptors (Lipinski definition) is 3. The first kappa shape index (κ1) is 15.4. The van der Waals surface area contributed by atoms with Gasteiger partial charge in [0.05, 0.1) is 17.2 Å². The van der Waals surface area contributed by atoms with Gasteiger partial charge in [-0.3, -0.25) is 4.79 Å². The van der Waals surface area contributed by atoms with Gasteiger partial charge in [-0.2, -0.15) is 0 Å². The Hall–Kier alpha value is -0.610. The summed E-state index contributed by atoms with van der Waals surface area (Å²) in [5.41, 5.74) is 5.37. The fourth-order valence-corrected chi connectivity index (χ4v) is 2.79. The van der Waals surface area contributed by atoms with Crippen molar-refractivity contribution in [2.75, 3.05) is 13.1 Å². The number of carbonyl (C=O) groups is 1. The van der Waals surface area contributed by atoms with Crippen molar-refractivity contribution in [1.29, 1.82) is 0 Å². The molecule has 0 radical (unpaired) electrons. The normalized spacial score (nSPS) is 24.1. The molecule has 106 valence electrons. The van der Waals surface area contributed by atoms with Crippen LogP contribution in [0.25, 0.3) is 0 Å². The van der Waals surface area contributed by atoms with Crippen molar-refractivity contribution in [3.63, 3.8) is 0 Å². The Morgan fingerprint density at radius 1 is 1.22 bits per heavy atom. The van der Waals surface area contributed by atoms with Crippen molar-refractivity contribution in [2.24, 2.45) is 11.7 Å². The van der Waals surface area contributed by atoms with E-state index in [9.17, 15) is 4.79 Å². The minimum Gasteiger partial charge on any atom is -0.366 e. The average Bonchev–Trinajstić information content (AvgIpc) is 2.10. The topological polar surface area (TPSA) is 55.6 Å². The van der Waals surface area contributed by atoms with Crippen molar-refractivity contribution in [2.45, 2.75) is 65.2 Å². The second kappa shape index (κ2) is 5.17. The summed E-state index contributed by atoms with van der Waals surface area (Å²) in [6.07, 6.45) is 0.733. The van der Waals surface area contributed by atoms with E-state index in [1.54, 1.807) is 0 Å². The van der Waals surface area contributed by atoms with Gasteiger partial charge in [-0.05, 0) is 40.0 Å². The predicted molar refractivity (Wildman–Crippen MR) is 73.3 cm³/mol. The Labute approximate surface area is 111 Å². The molecular weight excluding hydrogens is 228 g/mol.